The van der Waals surface area contributed by atoms with Crippen molar-refractivity contribution in [3.05, 3.63) is 22.8 Å². The Balaban J connectivity index is 0.00000225. The van der Waals surface area contributed by atoms with E-state index in [2.05, 4.69) is 9.72 Å². The molecular formula is C8H9Cl2F3N2O. The monoisotopic (exact) mass is 276 g/mol. The van der Waals surface area contributed by atoms with Crippen LogP contribution in [0, 0.1) is 0 Å². The Morgan fingerprint density at radius 2 is 2.06 bits per heavy atom. The van der Waals surface area contributed by atoms with E-state index in [4.69, 9.17) is 17.3 Å². The van der Waals surface area contributed by atoms with Crippen molar-refractivity contribution in [2.24, 2.45) is 5.73 Å². The highest BCUT2D eigenvalue weighted by Crippen LogP contribution is 2.24. The quantitative estimate of drug-likeness (QED) is 0.923. The third-order valence-corrected chi connectivity index (χ3v) is 1.74. The highest BCUT2D eigenvalue weighted by molar-refractivity contribution is 6.31. The summed E-state index contributed by atoms with van der Waals surface area (Å²) in [6.45, 7) is -1.20. The summed E-state index contributed by atoms with van der Waals surface area (Å²) in [6, 6.07) is 1.42. The average molecular weight is 277 g/mol. The summed E-state index contributed by atoms with van der Waals surface area (Å²) in [5.41, 5.74) is 5.92. The van der Waals surface area contributed by atoms with Crippen molar-refractivity contribution in [2.45, 2.75) is 12.7 Å². The number of nitrogens with two attached hydrogens (primary N) is 1. The maximum Gasteiger partial charge on any atom is 0.422 e. The number of pyridine rings is 1. The first-order valence-electron chi connectivity index (χ1n) is 3.96. The lowest BCUT2D eigenvalue weighted by Crippen LogP contribution is -2.19. The lowest BCUT2D eigenvalue weighted by atomic mass is 10.3. The molecular weight excluding hydrogens is 268 g/mol. The maximum atomic E-state index is 11.8. The zero-order valence-corrected chi connectivity index (χ0v) is 9.49. The summed E-state index contributed by atoms with van der Waals surface area (Å²) < 4.78 is 39.8. The lowest BCUT2D eigenvalue weighted by Gasteiger charge is -2.09. The van der Waals surface area contributed by atoms with Gasteiger partial charge in [0.2, 0.25) is 5.88 Å². The van der Waals surface area contributed by atoms with Crippen molar-refractivity contribution in [2.75, 3.05) is 6.61 Å². The molecule has 0 saturated carbocycles. The number of alkyl halides is 3. The number of halogens is 5. The fourth-order valence-electron chi connectivity index (χ4n) is 0.833. The molecule has 8 heteroatoms. The second kappa shape index (κ2) is 6.12. The summed E-state index contributed by atoms with van der Waals surface area (Å²) in [7, 11) is 0. The van der Waals surface area contributed by atoms with E-state index in [-0.39, 0.29) is 29.9 Å². The summed E-state index contributed by atoms with van der Waals surface area (Å²) in [6.07, 6.45) is -3.09. The Kier molecular flexibility index (Phi) is 5.85. The molecule has 1 aromatic heterocycles. The van der Waals surface area contributed by atoms with Crippen molar-refractivity contribution in [1.29, 1.82) is 0 Å². The first-order valence-corrected chi connectivity index (χ1v) is 4.34. The highest BCUT2D eigenvalue weighted by Gasteiger charge is 2.29. The van der Waals surface area contributed by atoms with Gasteiger partial charge in [0, 0.05) is 12.7 Å². The van der Waals surface area contributed by atoms with Crippen LogP contribution >= 0.6 is 24.0 Å². The van der Waals surface area contributed by atoms with Gasteiger partial charge in [-0.25, -0.2) is 4.98 Å². The predicted molar refractivity (Wildman–Crippen MR) is 55.9 cm³/mol. The van der Waals surface area contributed by atoms with E-state index < -0.39 is 12.8 Å². The molecule has 0 amide bonds. The van der Waals surface area contributed by atoms with Crippen molar-refractivity contribution < 1.29 is 17.9 Å². The Bertz CT molecular complexity index is 347. The van der Waals surface area contributed by atoms with E-state index in [1.54, 1.807) is 0 Å². The predicted octanol–water partition coefficient (Wildman–Crippen LogP) is 2.56. The molecule has 0 atom stereocenters. The molecule has 0 bridgehead atoms. The topological polar surface area (TPSA) is 48.1 Å². The Morgan fingerprint density at radius 1 is 1.44 bits per heavy atom. The fraction of sp³-hybridized carbons (Fsp3) is 0.375. The van der Waals surface area contributed by atoms with Gasteiger partial charge in [0.1, 0.15) is 5.02 Å². The van der Waals surface area contributed by atoms with Crippen LogP contribution in [0.2, 0.25) is 5.02 Å². The molecule has 16 heavy (non-hydrogen) atoms. The van der Waals surface area contributed by atoms with Gasteiger partial charge in [0.05, 0.1) is 0 Å². The third kappa shape index (κ3) is 4.87. The van der Waals surface area contributed by atoms with Gasteiger partial charge >= 0.3 is 6.18 Å². The maximum absolute atomic E-state index is 11.8. The number of aromatic nitrogens is 1. The van der Waals surface area contributed by atoms with E-state index in [0.29, 0.717) is 5.56 Å². The summed E-state index contributed by atoms with van der Waals surface area (Å²) >= 11 is 5.63. The van der Waals surface area contributed by atoms with E-state index in [1.807, 2.05) is 0 Å². The molecule has 0 aliphatic heterocycles. The van der Waals surface area contributed by atoms with Gasteiger partial charge in [-0.05, 0) is 11.6 Å². The third-order valence-electron chi connectivity index (χ3n) is 1.47. The Labute approximate surface area is 101 Å². The molecule has 0 aliphatic carbocycles. The van der Waals surface area contributed by atoms with E-state index in [9.17, 15) is 13.2 Å². The van der Waals surface area contributed by atoms with E-state index in [1.165, 1.54) is 12.3 Å². The van der Waals surface area contributed by atoms with Crippen LogP contribution in [-0.2, 0) is 6.54 Å². The smallest absolute Gasteiger partial charge is 0.422 e. The zero-order chi connectivity index (χ0) is 11.5. The zero-order valence-electron chi connectivity index (χ0n) is 7.92. The van der Waals surface area contributed by atoms with Gasteiger partial charge in [0.15, 0.2) is 6.61 Å². The molecule has 2 N–H and O–H groups in total. The van der Waals surface area contributed by atoms with Gasteiger partial charge in [-0.15, -0.1) is 12.4 Å². The van der Waals surface area contributed by atoms with Gasteiger partial charge in [-0.1, -0.05) is 11.6 Å². The molecule has 1 aromatic rings. The molecule has 0 radical (unpaired) electrons. The van der Waals surface area contributed by atoms with Crippen molar-refractivity contribution in [1.82, 2.24) is 4.98 Å². The molecule has 92 valence electrons. The highest BCUT2D eigenvalue weighted by atomic mass is 35.5. The second-order valence-corrected chi connectivity index (χ2v) is 3.15. The lowest BCUT2D eigenvalue weighted by molar-refractivity contribution is -0.154. The van der Waals surface area contributed by atoms with Gasteiger partial charge in [-0.3, -0.25) is 0 Å². The molecule has 0 aromatic carbocycles. The van der Waals surface area contributed by atoms with Crippen LogP contribution in [0.3, 0.4) is 0 Å². The Morgan fingerprint density at radius 3 is 2.50 bits per heavy atom. The molecule has 1 rings (SSSR count). The molecule has 0 saturated heterocycles. The van der Waals surface area contributed by atoms with Crippen LogP contribution in [0.4, 0.5) is 13.2 Å². The number of nitrogens with zero attached hydrogens (tertiary/aromatic N) is 1. The van der Waals surface area contributed by atoms with Crippen LogP contribution < -0.4 is 10.5 Å². The largest absolute Gasteiger partial charge is 0.467 e. The number of rotatable bonds is 3. The fourth-order valence-corrected chi connectivity index (χ4v) is 1.08. The average Bonchev–Trinajstić information content (AvgIpc) is 2.14. The normalized spacial score (nSPS) is 10.8. The first kappa shape index (κ1) is 15.3. The van der Waals surface area contributed by atoms with Crippen LogP contribution in [-0.4, -0.2) is 17.8 Å². The standard InChI is InChI=1S/C8H8ClF3N2O.ClH/c9-6-1-5(2-13)3-14-7(6)15-4-8(10,11)12;/h1,3H,2,4,13H2;1H. The molecule has 3 nitrogen and oxygen atoms in total. The van der Waals surface area contributed by atoms with Crippen molar-refractivity contribution in [3.8, 4) is 5.88 Å². The summed E-state index contributed by atoms with van der Waals surface area (Å²) in [5.74, 6) is -0.244. The minimum Gasteiger partial charge on any atom is -0.467 e. The van der Waals surface area contributed by atoms with Crippen LogP contribution in [0.5, 0.6) is 5.88 Å². The summed E-state index contributed by atoms with van der Waals surface area (Å²) in [4.78, 5) is 3.62. The molecule has 0 spiro atoms. The van der Waals surface area contributed by atoms with Crippen molar-refractivity contribution >= 4 is 24.0 Å². The molecule has 0 fully saturated rings. The number of hydrogen-bond donors (Lipinski definition) is 1. The van der Waals surface area contributed by atoms with Crippen molar-refractivity contribution in [3.63, 3.8) is 0 Å². The first-order chi connectivity index (χ1) is 6.92. The van der Waals surface area contributed by atoms with Crippen LogP contribution in [0.15, 0.2) is 12.3 Å². The molecule has 0 unspecified atom stereocenters. The molecule has 0 aliphatic rings. The minimum atomic E-state index is -4.41. The van der Waals surface area contributed by atoms with Gasteiger partial charge < -0.3 is 10.5 Å². The minimum absolute atomic E-state index is 0. The molecule has 1 heterocycles. The second-order valence-electron chi connectivity index (χ2n) is 2.74. The number of ether oxygens (including phenoxy) is 1. The summed E-state index contributed by atoms with van der Waals surface area (Å²) in [5, 5.41) is 0.0159. The SMILES string of the molecule is Cl.NCc1cnc(OCC(F)(F)F)c(Cl)c1. The number of hydrogen-bond acceptors (Lipinski definition) is 3. The van der Waals surface area contributed by atoms with Gasteiger partial charge in [-0.2, -0.15) is 13.2 Å². The Hall–Kier alpha value is -0.720. The van der Waals surface area contributed by atoms with E-state index in [0.717, 1.165) is 0 Å². The van der Waals surface area contributed by atoms with Crippen LogP contribution in [0.1, 0.15) is 5.56 Å². The van der Waals surface area contributed by atoms with Gasteiger partial charge in [0.25, 0.3) is 0 Å². The van der Waals surface area contributed by atoms with E-state index >= 15 is 0 Å². The van der Waals surface area contributed by atoms with Crippen LogP contribution in [0.25, 0.3) is 0 Å².